The van der Waals surface area contributed by atoms with Crippen LogP contribution in [0.3, 0.4) is 0 Å². The van der Waals surface area contributed by atoms with E-state index in [0.29, 0.717) is 18.0 Å². The van der Waals surface area contributed by atoms with Crippen LogP contribution in [0, 0.1) is 11.6 Å². The molecule has 1 saturated heterocycles. The first kappa shape index (κ1) is 13.9. The number of rotatable bonds is 2. The number of nitrogens with zero attached hydrogens (tertiary/aromatic N) is 3. The van der Waals surface area contributed by atoms with E-state index in [0.717, 1.165) is 31.3 Å². The first-order chi connectivity index (χ1) is 10.0. The molecule has 0 spiro atoms. The Labute approximate surface area is 121 Å². The highest BCUT2D eigenvalue weighted by Gasteiger charge is 2.24. The lowest BCUT2D eigenvalue weighted by molar-refractivity contribution is 0.403. The molecule has 1 aliphatic rings. The highest BCUT2D eigenvalue weighted by Crippen LogP contribution is 2.22. The van der Waals surface area contributed by atoms with Gasteiger partial charge in [0.15, 0.2) is 5.82 Å². The molecule has 1 fully saturated rings. The Balaban J connectivity index is 1.88. The summed E-state index contributed by atoms with van der Waals surface area (Å²) in [5.41, 5.74) is 0.0879. The molecular weight excluding hydrogens is 276 g/mol. The zero-order chi connectivity index (χ0) is 15.0. The molecule has 0 amide bonds. The minimum absolute atomic E-state index is 0.0879. The average Bonchev–Trinajstić information content (AvgIpc) is 2.90. The Morgan fingerprint density at radius 2 is 1.90 bits per heavy atom. The number of aromatic amines is 1. The molecule has 3 rings (SSSR count). The lowest BCUT2D eigenvalue weighted by Gasteiger charge is -2.35. The molecule has 1 aliphatic heterocycles. The molecule has 0 aliphatic carbocycles. The first-order valence-electron chi connectivity index (χ1n) is 6.92. The number of halogens is 2. The Kier molecular flexibility index (Phi) is 3.59. The number of nitrogens with one attached hydrogen (secondary N) is 2. The molecular formula is C14H17F2N5. The van der Waals surface area contributed by atoms with E-state index in [2.05, 4.69) is 34.3 Å². The molecule has 21 heavy (non-hydrogen) atoms. The Morgan fingerprint density at radius 3 is 2.62 bits per heavy atom. The van der Waals surface area contributed by atoms with Gasteiger partial charge in [-0.2, -0.15) is 4.98 Å². The minimum Gasteiger partial charge on any atom is -0.336 e. The normalized spacial score (nSPS) is 22.6. The largest absolute Gasteiger partial charge is 0.336 e. The molecule has 112 valence electrons. The molecule has 2 heterocycles. The van der Waals surface area contributed by atoms with Gasteiger partial charge >= 0.3 is 0 Å². The smallest absolute Gasteiger partial charge is 0.245 e. The number of piperazine rings is 1. The van der Waals surface area contributed by atoms with Crippen LogP contribution in [-0.4, -0.2) is 40.4 Å². The van der Waals surface area contributed by atoms with E-state index in [1.165, 1.54) is 0 Å². The Hall–Kier alpha value is -2.02. The van der Waals surface area contributed by atoms with Crippen molar-refractivity contribution in [1.29, 1.82) is 0 Å². The number of H-pyrrole nitrogens is 1. The van der Waals surface area contributed by atoms with Gasteiger partial charge in [0.2, 0.25) is 5.95 Å². The van der Waals surface area contributed by atoms with E-state index >= 15 is 0 Å². The maximum atomic E-state index is 13.8. The van der Waals surface area contributed by atoms with Crippen molar-refractivity contribution in [2.45, 2.75) is 25.9 Å². The van der Waals surface area contributed by atoms with Gasteiger partial charge in [0.1, 0.15) is 11.6 Å². The fourth-order valence-corrected chi connectivity index (χ4v) is 2.68. The fourth-order valence-electron chi connectivity index (χ4n) is 2.68. The maximum Gasteiger partial charge on any atom is 0.245 e. The van der Waals surface area contributed by atoms with E-state index in [-0.39, 0.29) is 11.4 Å². The van der Waals surface area contributed by atoms with Crippen molar-refractivity contribution >= 4 is 5.95 Å². The molecule has 2 atom stereocenters. The lowest BCUT2D eigenvalue weighted by Crippen LogP contribution is -2.54. The van der Waals surface area contributed by atoms with E-state index in [9.17, 15) is 8.78 Å². The van der Waals surface area contributed by atoms with Gasteiger partial charge in [-0.15, -0.1) is 5.10 Å². The summed E-state index contributed by atoms with van der Waals surface area (Å²) in [5, 5.41) is 10.2. The van der Waals surface area contributed by atoms with Crippen LogP contribution < -0.4 is 10.2 Å². The van der Waals surface area contributed by atoms with E-state index in [1.54, 1.807) is 0 Å². The lowest BCUT2D eigenvalue weighted by atomic mass is 10.1. The molecule has 7 heteroatoms. The van der Waals surface area contributed by atoms with Gasteiger partial charge in [0.25, 0.3) is 0 Å². The highest BCUT2D eigenvalue weighted by atomic mass is 19.1. The fraction of sp³-hybridized carbons (Fsp3) is 0.429. The van der Waals surface area contributed by atoms with E-state index in [1.807, 2.05) is 4.90 Å². The number of anilines is 1. The maximum absolute atomic E-state index is 13.8. The molecule has 0 bridgehead atoms. The summed E-state index contributed by atoms with van der Waals surface area (Å²) in [6.45, 7) is 5.71. The summed E-state index contributed by atoms with van der Waals surface area (Å²) < 4.78 is 27.0. The van der Waals surface area contributed by atoms with Crippen LogP contribution in [0.15, 0.2) is 18.2 Å². The quantitative estimate of drug-likeness (QED) is 0.888. The van der Waals surface area contributed by atoms with Crippen LogP contribution in [-0.2, 0) is 0 Å². The Bertz CT molecular complexity index is 632. The predicted molar refractivity (Wildman–Crippen MR) is 76.0 cm³/mol. The molecule has 0 saturated carbocycles. The number of benzene rings is 1. The van der Waals surface area contributed by atoms with Crippen LogP contribution >= 0.6 is 0 Å². The molecule has 1 aromatic heterocycles. The summed E-state index contributed by atoms with van der Waals surface area (Å²) in [5.74, 6) is -0.287. The van der Waals surface area contributed by atoms with Crippen molar-refractivity contribution in [2.24, 2.45) is 0 Å². The monoisotopic (exact) mass is 293 g/mol. The third-order valence-electron chi connectivity index (χ3n) is 3.50. The SMILES string of the molecule is CC1CN(c2n[nH]c(-c3cc(F)ccc3F)n2)CC(C)N1. The highest BCUT2D eigenvalue weighted by molar-refractivity contribution is 5.57. The third kappa shape index (κ3) is 2.87. The second kappa shape index (κ2) is 5.40. The predicted octanol–water partition coefficient (Wildman–Crippen LogP) is 1.94. The van der Waals surface area contributed by atoms with Gasteiger partial charge in [-0.25, -0.2) is 8.78 Å². The summed E-state index contributed by atoms with van der Waals surface area (Å²) in [6, 6.07) is 3.92. The van der Waals surface area contributed by atoms with Gasteiger partial charge in [0.05, 0.1) is 5.56 Å². The molecule has 2 aromatic rings. The molecule has 2 N–H and O–H groups in total. The second-order valence-electron chi connectivity index (χ2n) is 5.48. The van der Waals surface area contributed by atoms with E-state index in [4.69, 9.17) is 0 Å². The van der Waals surface area contributed by atoms with Gasteiger partial charge in [-0.3, -0.25) is 5.10 Å². The zero-order valence-electron chi connectivity index (χ0n) is 11.9. The van der Waals surface area contributed by atoms with Crippen molar-refractivity contribution < 1.29 is 8.78 Å². The minimum atomic E-state index is -0.527. The summed E-state index contributed by atoms with van der Waals surface area (Å²) >= 11 is 0. The number of hydrogen-bond acceptors (Lipinski definition) is 4. The van der Waals surface area contributed by atoms with Crippen LogP contribution in [0.2, 0.25) is 0 Å². The number of aromatic nitrogens is 3. The molecule has 1 aromatic carbocycles. The molecule has 2 unspecified atom stereocenters. The molecule has 5 nitrogen and oxygen atoms in total. The standard InChI is InChI=1S/C14H17F2N5/c1-8-6-21(7-9(2)17-8)14-18-13(19-20-14)11-5-10(15)3-4-12(11)16/h3-5,8-9,17H,6-7H2,1-2H3,(H,18,19,20). The van der Waals surface area contributed by atoms with Gasteiger partial charge < -0.3 is 10.2 Å². The van der Waals surface area contributed by atoms with Gasteiger partial charge in [-0.05, 0) is 32.0 Å². The van der Waals surface area contributed by atoms with Crippen molar-refractivity contribution in [3.63, 3.8) is 0 Å². The van der Waals surface area contributed by atoms with Crippen LogP contribution in [0.1, 0.15) is 13.8 Å². The van der Waals surface area contributed by atoms with Gasteiger partial charge in [-0.1, -0.05) is 0 Å². The molecule has 0 radical (unpaired) electrons. The second-order valence-corrected chi connectivity index (χ2v) is 5.48. The van der Waals surface area contributed by atoms with Crippen molar-refractivity contribution in [3.05, 3.63) is 29.8 Å². The Morgan fingerprint density at radius 1 is 1.19 bits per heavy atom. The van der Waals surface area contributed by atoms with Crippen LogP contribution in [0.5, 0.6) is 0 Å². The number of hydrogen-bond donors (Lipinski definition) is 2. The van der Waals surface area contributed by atoms with Crippen molar-refractivity contribution in [2.75, 3.05) is 18.0 Å². The van der Waals surface area contributed by atoms with Crippen molar-refractivity contribution in [3.8, 4) is 11.4 Å². The summed E-state index contributed by atoms with van der Waals surface area (Å²) in [7, 11) is 0. The first-order valence-corrected chi connectivity index (χ1v) is 6.92. The summed E-state index contributed by atoms with van der Waals surface area (Å²) in [6.07, 6.45) is 0. The van der Waals surface area contributed by atoms with Crippen LogP contribution in [0.4, 0.5) is 14.7 Å². The van der Waals surface area contributed by atoms with Crippen molar-refractivity contribution in [1.82, 2.24) is 20.5 Å². The zero-order valence-corrected chi connectivity index (χ0v) is 11.9. The third-order valence-corrected chi connectivity index (χ3v) is 3.50. The average molecular weight is 293 g/mol. The summed E-state index contributed by atoms with van der Waals surface area (Å²) in [4.78, 5) is 6.33. The van der Waals surface area contributed by atoms with E-state index < -0.39 is 11.6 Å². The van der Waals surface area contributed by atoms with Crippen LogP contribution in [0.25, 0.3) is 11.4 Å². The topological polar surface area (TPSA) is 56.8 Å². The van der Waals surface area contributed by atoms with Gasteiger partial charge in [0, 0.05) is 25.2 Å².